The van der Waals surface area contributed by atoms with Crippen molar-refractivity contribution in [3.8, 4) is 0 Å². The molecular weight excluding hydrogens is 195 g/mol. The molecular formula is C9H17BO3Si. The molecule has 0 unspecified atom stereocenters. The second-order valence-electron chi connectivity index (χ2n) is 4.62. The van der Waals surface area contributed by atoms with Crippen molar-refractivity contribution in [2.75, 3.05) is 0 Å². The smallest absolute Gasteiger partial charge is 0.400 e. The zero-order valence-electron chi connectivity index (χ0n) is 9.29. The first-order valence-electron chi connectivity index (χ1n) is 4.77. The molecule has 0 radical (unpaired) electrons. The van der Waals surface area contributed by atoms with Gasteiger partial charge in [-0.15, -0.1) is 6.58 Å². The summed E-state index contributed by atoms with van der Waals surface area (Å²) in [6.45, 7) is 11.8. The molecule has 14 heavy (non-hydrogen) atoms. The van der Waals surface area contributed by atoms with E-state index in [2.05, 4.69) is 6.58 Å². The third kappa shape index (κ3) is 2.04. The molecule has 0 bridgehead atoms. The predicted molar refractivity (Wildman–Crippen MR) is 57.9 cm³/mol. The fourth-order valence-electron chi connectivity index (χ4n) is 1.21. The van der Waals surface area contributed by atoms with E-state index in [1.54, 1.807) is 0 Å². The van der Waals surface area contributed by atoms with E-state index in [1.807, 2.05) is 27.7 Å². The third-order valence-corrected chi connectivity index (χ3v) is 3.62. The van der Waals surface area contributed by atoms with Crippen molar-refractivity contribution in [1.29, 1.82) is 0 Å². The molecule has 0 N–H and O–H groups in total. The van der Waals surface area contributed by atoms with Gasteiger partial charge in [0.2, 0.25) is 0 Å². The molecule has 1 aliphatic heterocycles. The van der Waals surface area contributed by atoms with Gasteiger partial charge in [-0.3, -0.25) is 0 Å². The van der Waals surface area contributed by atoms with E-state index >= 15 is 0 Å². The monoisotopic (exact) mass is 212 g/mol. The Kier molecular flexibility index (Phi) is 3.14. The first-order valence-corrected chi connectivity index (χ1v) is 6.06. The van der Waals surface area contributed by atoms with Crippen LogP contribution in [0.4, 0.5) is 0 Å². The molecule has 78 valence electrons. The van der Waals surface area contributed by atoms with Gasteiger partial charge < -0.3 is 13.8 Å². The average Bonchev–Trinajstić information content (AvgIpc) is 2.22. The molecule has 1 saturated heterocycles. The summed E-state index contributed by atoms with van der Waals surface area (Å²) in [5.41, 5.74) is 0.103. The molecule has 1 rings (SSSR count). The van der Waals surface area contributed by atoms with Crippen molar-refractivity contribution in [1.82, 2.24) is 0 Å². The summed E-state index contributed by atoms with van der Waals surface area (Å²) in [4.78, 5) is 0. The molecule has 3 nitrogen and oxygen atoms in total. The van der Waals surface area contributed by atoms with Gasteiger partial charge in [-0.1, -0.05) is 0 Å². The van der Waals surface area contributed by atoms with Crippen molar-refractivity contribution in [3.63, 3.8) is 0 Å². The molecule has 0 saturated carbocycles. The Morgan fingerprint density at radius 1 is 1.29 bits per heavy atom. The van der Waals surface area contributed by atoms with Crippen LogP contribution in [0.5, 0.6) is 0 Å². The summed E-state index contributed by atoms with van der Waals surface area (Å²) in [5.74, 6) is 0. The SMILES string of the molecule is C=C(C[SiH]=O)B1OC(C)(C)C(C)(C)O1. The second kappa shape index (κ2) is 3.72. The quantitative estimate of drug-likeness (QED) is 0.663. The minimum absolute atomic E-state index is 0.334. The summed E-state index contributed by atoms with van der Waals surface area (Å²) in [5, 5.41) is 0. The Labute approximate surface area is 87.9 Å². The van der Waals surface area contributed by atoms with E-state index in [0.717, 1.165) is 5.47 Å². The van der Waals surface area contributed by atoms with Crippen molar-refractivity contribution < 1.29 is 13.8 Å². The van der Waals surface area contributed by atoms with Crippen LogP contribution in [-0.2, 0) is 13.8 Å². The van der Waals surface area contributed by atoms with E-state index < -0.39 is 16.5 Å². The molecule has 0 aromatic rings. The van der Waals surface area contributed by atoms with E-state index in [9.17, 15) is 4.46 Å². The van der Waals surface area contributed by atoms with Crippen molar-refractivity contribution >= 4 is 16.5 Å². The van der Waals surface area contributed by atoms with Crippen molar-refractivity contribution in [2.45, 2.75) is 44.9 Å². The lowest BCUT2D eigenvalue weighted by atomic mass is 9.81. The minimum Gasteiger partial charge on any atom is -0.400 e. The Bertz CT molecular complexity index is 247. The van der Waals surface area contributed by atoms with E-state index in [4.69, 9.17) is 9.31 Å². The minimum atomic E-state index is -0.815. The highest BCUT2D eigenvalue weighted by Gasteiger charge is 2.51. The highest BCUT2D eigenvalue weighted by atomic mass is 28.2. The van der Waals surface area contributed by atoms with Crippen LogP contribution in [0.1, 0.15) is 27.7 Å². The molecule has 0 aromatic heterocycles. The van der Waals surface area contributed by atoms with Crippen LogP contribution in [-0.4, -0.2) is 27.7 Å². The fourth-order valence-corrected chi connectivity index (χ4v) is 1.62. The van der Waals surface area contributed by atoms with Gasteiger partial charge in [0.1, 0.15) is 0 Å². The largest absolute Gasteiger partial charge is 0.490 e. The lowest BCUT2D eigenvalue weighted by molar-refractivity contribution is 0.00578. The Morgan fingerprint density at radius 3 is 2.07 bits per heavy atom. The van der Waals surface area contributed by atoms with Gasteiger partial charge in [-0.2, -0.15) is 0 Å². The highest BCUT2D eigenvalue weighted by molar-refractivity contribution is 6.56. The van der Waals surface area contributed by atoms with E-state index in [0.29, 0.717) is 6.04 Å². The maximum Gasteiger partial charge on any atom is 0.490 e. The average molecular weight is 212 g/mol. The molecule has 0 aromatic carbocycles. The first-order chi connectivity index (χ1) is 6.30. The lowest BCUT2D eigenvalue weighted by Gasteiger charge is -2.32. The number of allylic oxidation sites excluding steroid dienone is 1. The van der Waals surface area contributed by atoms with E-state index in [-0.39, 0.29) is 11.2 Å². The van der Waals surface area contributed by atoms with Crippen LogP contribution in [0.3, 0.4) is 0 Å². The number of hydrogen-bond donors (Lipinski definition) is 0. The Hall–Kier alpha value is -0.258. The molecule has 1 heterocycles. The third-order valence-electron chi connectivity index (χ3n) is 2.93. The van der Waals surface area contributed by atoms with Crippen molar-refractivity contribution in [3.05, 3.63) is 12.1 Å². The summed E-state index contributed by atoms with van der Waals surface area (Å²) in [6.07, 6.45) is 0. The van der Waals surface area contributed by atoms with Crippen LogP contribution in [0, 0.1) is 0 Å². The zero-order chi connectivity index (χ0) is 11.0. The van der Waals surface area contributed by atoms with Crippen LogP contribution < -0.4 is 0 Å². The maximum atomic E-state index is 10.5. The predicted octanol–water partition coefficient (Wildman–Crippen LogP) is 1.37. The van der Waals surface area contributed by atoms with Crippen LogP contribution in [0.15, 0.2) is 12.1 Å². The second-order valence-corrected chi connectivity index (χ2v) is 5.36. The topological polar surface area (TPSA) is 35.5 Å². The summed E-state index contributed by atoms with van der Waals surface area (Å²) in [7, 11) is -1.22. The van der Waals surface area contributed by atoms with Crippen LogP contribution in [0.2, 0.25) is 6.04 Å². The molecule has 5 heteroatoms. The zero-order valence-corrected chi connectivity index (χ0v) is 10.4. The van der Waals surface area contributed by atoms with Crippen molar-refractivity contribution in [2.24, 2.45) is 0 Å². The van der Waals surface area contributed by atoms with Gasteiger partial charge in [0.05, 0.1) is 11.2 Å². The first kappa shape index (κ1) is 11.8. The highest BCUT2D eigenvalue weighted by Crippen LogP contribution is 2.38. The molecule has 1 fully saturated rings. The van der Waals surface area contributed by atoms with E-state index in [1.165, 1.54) is 0 Å². The lowest BCUT2D eigenvalue weighted by Crippen LogP contribution is -2.41. The normalized spacial score (nSPS) is 23.6. The molecule has 0 spiro atoms. The van der Waals surface area contributed by atoms with Gasteiger partial charge in [-0.25, -0.2) is 0 Å². The van der Waals surface area contributed by atoms with Gasteiger partial charge >= 0.3 is 7.12 Å². The molecule has 0 atom stereocenters. The van der Waals surface area contributed by atoms with Crippen LogP contribution in [0.25, 0.3) is 0 Å². The summed E-state index contributed by atoms with van der Waals surface area (Å²) >= 11 is 0. The van der Waals surface area contributed by atoms with Gasteiger partial charge in [0.25, 0.3) is 9.41 Å². The fraction of sp³-hybridized carbons (Fsp3) is 0.778. The Balaban J connectivity index is 2.72. The molecule has 1 aliphatic rings. The summed E-state index contributed by atoms with van der Waals surface area (Å²) < 4.78 is 22.0. The Morgan fingerprint density at radius 2 is 1.71 bits per heavy atom. The molecule has 0 aliphatic carbocycles. The molecule has 0 amide bonds. The number of rotatable bonds is 3. The van der Waals surface area contributed by atoms with Gasteiger partial charge in [0.15, 0.2) is 0 Å². The standard InChI is InChI=1S/C9H17BO3Si/c1-7(6-14-11)10-12-8(2,3)9(4,5)13-10/h14H,1,6H2,2-5H3. The maximum absolute atomic E-state index is 10.5. The van der Waals surface area contributed by atoms with Gasteiger partial charge in [0, 0.05) is 6.04 Å². The van der Waals surface area contributed by atoms with Gasteiger partial charge in [-0.05, 0) is 33.2 Å². The summed E-state index contributed by atoms with van der Waals surface area (Å²) in [6, 6.07) is 0.497. The van der Waals surface area contributed by atoms with Crippen LogP contribution >= 0.6 is 0 Å². The number of hydrogen-bond acceptors (Lipinski definition) is 3.